The molecule has 0 aromatic heterocycles. The van der Waals surface area contributed by atoms with E-state index in [9.17, 15) is 10.3 Å². The number of benzene rings is 1. The van der Waals surface area contributed by atoms with Crippen LogP contribution in [0, 0.1) is 6.92 Å². The van der Waals surface area contributed by atoms with Gasteiger partial charge in [0.15, 0.2) is 6.04 Å². The first-order valence-corrected chi connectivity index (χ1v) is 8.68. The van der Waals surface area contributed by atoms with Crippen molar-refractivity contribution in [2.45, 2.75) is 30.7 Å². The number of likely N-dealkylation sites (tertiary alicyclic amines) is 1. The summed E-state index contributed by atoms with van der Waals surface area (Å²) in [5.41, 5.74) is 11.0. The van der Waals surface area contributed by atoms with E-state index in [0.717, 1.165) is 16.2 Å². The van der Waals surface area contributed by atoms with Crippen LogP contribution in [-0.2, 0) is 9.53 Å². The molecule has 5 nitrogen and oxygen atoms in total. The van der Waals surface area contributed by atoms with Crippen LogP contribution in [0.5, 0.6) is 0 Å². The van der Waals surface area contributed by atoms with Crippen molar-refractivity contribution in [1.29, 1.82) is 0 Å². The Bertz CT molecular complexity index is 761. The van der Waals surface area contributed by atoms with Crippen molar-refractivity contribution in [3.63, 3.8) is 0 Å². The minimum Gasteiger partial charge on any atom is -0.495 e. The van der Waals surface area contributed by atoms with Crippen molar-refractivity contribution in [2.75, 3.05) is 13.7 Å². The summed E-state index contributed by atoms with van der Waals surface area (Å²) in [5, 5.41) is 0. The van der Waals surface area contributed by atoms with E-state index in [2.05, 4.69) is 29.1 Å². The fourth-order valence-electron chi connectivity index (χ4n) is 2.88. The first kappa shape index (κ1) is 16.6. The molecule has 2 aliphatic rings. The highest BCUT2D eigenvalue weighted by atomic mass is 32.2. The number of ether oxygens (including phenoxy) is 1. The van der Waals surface area contributed by atoms with E-state index in [1.165, 1.54) is 5.56 Å². The van der Waals surface area contributed by atoms with E-state index in [1.807, 2.05) is 13.0 Å². The molecular formula is C18H19N3O2S. The molecule has 1 aliphatic heterocycles. The molecule has 0 spiro atoms. The Morgan fingerprint density at radius 2 is 2.08 bits per heavy atom. The highest BCUT2D eigenvalue weighted by Crippen LogP contribution is 2.36. The molecule has 1 aromatic rings. The predicted octanol–water partition coefficient (Wildman–Crippen LogP) is 3.18. The summed E-state index contributed by atoms with van der Waals surface area (Å²) in [6.07, 6.45) is 5.03. The van der Waals surface area contributed by atoms with Gasteiger partial charge in [-0.1, -0.05) is 29.5 Å². The molecule has 3 rings (SSSR count). The molecule has 1 aliphatic carbocycles. The SMILES string of the molecule is COC1=CC(=[N+]=[N-])C(N2CCCC2=O)C=C1Sc1ccc(C)cc1. The summed E-state index contributed by atoms with van der Waals surface area (Å²) < 4.78 is 5.45. The third kappa shape index (κ3) is 3.30. The molecular weight excluding hydrogens is 322 g/mol. The van der Waals surface area contributed by atoms with Crippen LogP contribution in [0.4, 0.5) is 0 Å². The van der Waals surface area contributed by atoms with Crippen LogP contribution in [0.2, 0.25) is 0 Å². The lowest BCUT2D eigenvalue weighted by Gasteiger charge is -2.25. The van der Waals surface area contributed by atoms with Crippen LogP contribution < -0.4 is 0 Å². The monoisotopic (exact) mass is 341 g/mol. The zero-order valence-corrected chi connectivity index (χ0v) is 14.5. The first-order chi connectivity index (χ1) is 11.6. The Morgan fingerprint density at radius 3 is 2.67 bits per heavy atom. The summed E-state index contributed by atoms with van der Waals surface area (Å²) in [5.74, 6) is 0.725. The van der Waals surface area contributed by atoms with Crippen LogP contribution in [0.1, 0.15) is 18.4 Å². The Labute approximate surface area is 145 Å². The lowest BCUT2D eigenvalue weighted by Crippen LogP contribution is -2.42. The number of rotatable bonds is 4. The van der Waals surface area contributed by atoms with Gasteiger partial charge in [0.25, 0.3) is 0 Å². The number of aryl methyl sites for hydroxylation is 1. The summed E-state index contributed by atoms with van der Waals surface area (Å²) in [6, 6.07) is 7.88. The molecule has 0 N–H and O–H groups in total. The number of carbonyl (C=O) groups is 1. The van der Waals surface area contributed by atoms with Crippen molar-refractivity contribution in [2.24, 2.45) is 0 Å². The van der Waals surface area contributed by atoms with Gasteiger partial charge in [0.2, 0.25) is 5.91 Å². The molecule has 1 saturated heterocycles. The van der Waals surface area contributed by atoms with E-state index in [0.29, 0.717) is 24.4 Å². The molecule has 1 heterocycles. The average Bonchev–Trinajstić information content (AvgIpc) is 3.02. The number of carbonyl (C=O) groups excluding carboxylic acids is 1. The second-order valence-electron chi connectivity index (χ2n) is 5.82. The quantitative estimate of drug-likeness (QED) is 0.624. The maximum absolute atomic E-state index is 12.1. The van der Waals surface area contributed by atoms with Gasteiger partial charge in [0.1, 0.15) is 5.76 Å². The molecule has 1 unspecified atom stereocenters. The minimum absolute atomic E-state index is 0.0892. The molecule has 0 saturated carbocycles. The van der Waals surface area contributed by atoms with Gasteiger partial charge in [-0.3, -0.25) is 4.79 Å². The Kier molecular flexibility index (Phi) is 4.88. The van der Waals surface area contributed by atoms with E-state index in [-0.39, 0.29) is 11.9 Å². The van der Waals surface area contributed by atoms with Gasteiger partial charge >= 0.3 is 5.71 Å². The van der Waals surface area contributed by atoms with Crippen LogP contribution >= 0.6 is 11.8 Å². The summed E-state index contributed by atoms with van der Waals surface area (Å²) in [7, 11) is 1.59. The second-order valence-corrected chi connectivity index (χ2v) is 6.93. The molecule has 6 heteroatoms. The van der Waals surface area contributed by atoms with E-state index >= 15 is 0 Å². The van der Waals surface area contributed by atoms with Crippen LogP contribution in [0.25, 0.3) is 5.53 Å². The van der Waals surface area contributed by atoms with Gasteiger partial charge in [0, 0.05) is 17.9 Å². The van der Waals surface area contributed by atoms with Crippen LogP contribution in [0.15, 0.2) is 52.0 Å². The standard InChI is InChI=1S/C18H19N3O2S/c1-12-5-7-13(8-6-12)24-17-11-15(21-9-3-4-18(21)22)14(20-19)10-16(17)23-2/h5-8,10-11,15H,3-4,9H2,1-2H3. The number of amides is 1. The average molecular weight is 341 g/mol. The molecule has 0 bridgehead atoms. The van der Waals surface area contributed by atoms with Crippen molar-refractivity contribution >= 4 is 23.4 Å². The molecule has 0 radical (unpaired) electrons. The van der Waals surface area contributed by atoms with Gasteiger partial charge in [-0.05, 0) is 31.6 Å². The molecule has 1 fully saturated rings. The Hall–Kier alpha value is -2.30. The van der Waals surface area contributed by atoms with Crippen molar-refractivity contribution in [3.8, 4) is 0 Å². The first-order valence-electron chi connectivity index (χ1n) is 7.86. The van der Waals surface area contributed by atoms with Gasteiger partial charge in [-0.2, -0.15) is 4.79 Å². The Morgan fingerprint density at radius 1 is 1.33 bits per heavy atom. The maximum atomic E-state index is 12.1. The van der Waals surface area contributed by atoms with Crippen molar-refractivity contribution < 1.29 is 14.3 Å². The zero-order valence-electron chi connectivity index (χ0n) is 13.7. The molecule has 1 amide bonds. The van der Waals surface area contributed by atoms with Gasteiger partial charge in [0.05, 0.1) is 18.1 Å². The van der Waals surface area contributed by atoms with E-state index in [4.69, 9.17) is 4.74 Å². The van der Waals surface area contributed by atoms with Gasteiger partial charge in [-0.25, -0.2) is 0 Å². The van der Waals surface area contributed by atoms with Gasteiger partial charge in [-0.15, -0.1) is 0 Å². The highest BCUT2D eigenvalue weighted by molar-refractivity contribution is 8.03. The number of hydrogen-bond acceptors (Lipinski definition) is 3. The summed E-state index contributed by atoms with van der Waals surface area (Å²) >= 11 is 1.58. The lowest BCUT2D eigenvalue weighted by molar-refractivity contribution is -0.128. The Balaban J connectivity index is 1.93. The molecule has 1 atom stereocenters. The lowest BCUT2D eigenvalue weighted by atomic mass is 10.0. The fraction of sp³-hybridized carbons (Fsp3) is 0.333. The number of hydrogen-bond donors (Lipinski definition) is 0. The molecule has 124 valence electrons. The van der Waals surface area contributed by atoms with Crippen LogP contribution in [0.3, 0.4) is 0 Å². The van der Waals surface area contributed by atoms with Gasteiger partial charge < -0.3 is 15.2 Å². The van der Waals surface area contributed by atoms with Crippen molar-refractivity contribution in [3.05, 3.63) is 58.2 Å². The topological polar surface area (TPSA) is 65.9 Å². The third-order valence-electron chi connectivity index (χ3n) is 4.16. The molecule has 24 heavy (non-hydrogen) atoms. The third-order valence-corrected chi connectivity index (χ3v) is 5.23. The normalized spacial score (nSPS) is 20.6. The van der Waals surface area contributed by atoms with Crippen molar-refractivity contribution in [1.82, 2.24) is 4.90 Å². The zero-order chi connectivity index (χ0) is 17.1. The molecule has 1 aromatic carbocycles. The maximum Gasteiger partial charge on any atom is 0.322 e. The summed E-state index contributed by atoms with van der Waals surface area (Å²) in [4.78, 5) is 19.2. The largest absolute Gasteiger partial charge is 0.495 e. The van der Waals surface area contributed by atoms with E-state index < -0.39 is 0 Å². The number of methoxy groups -OCH3 is 1. The highest BCUT2D eigenvalue weighted by Gasteiger charge is 2.37. The smallest absolute Gasteiger partial charge is 0.322 e. The minimum atomic E-state index is -0.350. The summed E-state index contributed by atoms with van der Waals surface area (Å²) in [6.45, 7) is 2.73. The van der Waals surface area contributed by atoms with E-state index in [1.54, 1.807) is 29.8 Å². The second kappa shape index (κ2) is 7.07. The fourth-order valence-corrected chi connectivity index (χ4v) is 3.85. The number of thioether (sulfide) groups is 1. The van der Waals surface area contributed by atoms with Crippen LogP contribution in [-0.4, -0.2) is 41.0 Å². The predicted molar refractivity (Wildman–Crippen MR) is 93.6 cm³/mol. The number of nitrogens with zero attached hydrogens (tertiary/aromatic N) is 3.